The van der Waals surface area contributed by atoms with Gasteiger partial charge in [0.05, 0.1) is 29.2 Å². The highest BCUT2D eigenvalue weighted by Crippen LogP contribution is 2.34. The maximum Gasteiger partial charge on any atom is 0.282 e. The molecule has 5 aromatic rings. The summed E-state index contributed by atoms with van der Waals surface area (Å²) >= 11 is 0. The highest BCUT2D eigenvalue weighted by molar-refractivity contribution is 5.86. The molecule has 0 atom stereocenters. The molecule has 230 valence electrons. The molecular weight excluding hydrogens is 570 g/mol. The monoisotopic (exact) mass is 605 g/mol. The first-order chi connectivity index (χ1) is 21.6. The Kier molecular flexibility index (Phi) is 8.94. The zero-order valence-corrected chi connectivity index (χ0v) is 26.1. The molecule has 4 aromatic carbocycles. The Balaban J connectivity index is 1.61. The fourth-order valence-electron chi connectivity index (χ4n) is 5.00. The van der Waals surface area contributed by atoms with Gasteiger partial charge in [0.25, 0.3) is 11.2 Å². The van der Waals surface area contributed by atoms with Crippen molar-refractivity contribution in [2.24, 2.45) is 5.10 Å². The third-order valence-electron chi connectivity index (χ3n) is 7.56. The third-order valence-corrected chi connectivity index (χ3v) is 7.56. The van der Waals surface area contributed by atoms with Gasteiger partial charge >= 0.3 is 0 Å². The van der Waals surface area contributed by atoms with Crippen molar-refractivity contribution in [3.05, 3.63) is 122 Å². The van der Waals surface area contributed by atoms with E-state index in [0.717, 1.165) is 33.7 Å². The predicted octanol–water partition coefficient (Wildman–Crippen LogP) is 6.94. The van der Waals surface area contributed by atoms with Crippen LogP contribution in [0.25, 0.3) is 22.3 Å². The molecule has 0 saturated carbocycles. The summed E-state index contributed by atoms with van der Waals surface area (Å²) in [6.45, 7) is 6.32. The van der Waals surface area contributed by atoms with Crippen LogP contribution in [0.3, 0.4) is 0 Å². The fraction of sp³-hybridized carbons (Fsp3) is 0.229. The van der Waals surface area contributed by atoms with Crippen LogP contribution in [0.5, 0.6) is 11.5 Å². The number of aryl methyl sites for hydroxylation is 1. The van der Waals surface area contributed by atoms with E-state index in [9.17, 15) is 14.9 Å². The van der Waals surface area contributed by atoms with Crippen molar-refractivity contribution < 1.29 is 14.4 Å². The van der Waals surface area contributed by atoms with E-state index in [1.165, 1.54) is 16.8 Å². The molecule has 0 bridgehead atoms. The van der Waals surface area contributed by atoms with Crippen LogP contribution in [0.15, 0.2) is 88.8 Å². The minimum absolute atomic E-state index is 0.0130. The molecular formula is C35H35N5O5. The van der Waals surface area contributed by atoms with Gasteiger partial charge in [0.15, 0.2) is 5.82 Å². The van der Waals surface area contributed by atoms with Crippen LogP contribution < -0.4 is 19.9 Å². The Morgan fingerprint density at radius 1 is 1.02 bits per heavy atom. The van der Waals surface area contributed by atoms with E-state index in [0.29, 0.717) is 28.0 Å². The zero-order chi connectivity index (χ0) is 32.2. The highest BCUT2D eigenvalue weighted by atomic mass is 16.6. The second kappa shape index (κ2) is 13.0. The molecule has 0 N–H and O–H groups in total. The first-order valence-corrected chi connectivity index (χ1v) is 14.5. The van der Waals surface area contributed by atoms with E-state index in [4.69, 9.17) is 19.6 Å². The van der Waals surface area contributed by atoms with Gasteiger partial charge in [-0.2, -0.15) is 9.78 Å². The lowest BCUT2D eigenvalue weighted by Crippen LogP contribution is -2.21. The highest BCUT2D eigenvalue weighted by Gasteiger charge is 2.19. The van der Waals surface area contributed by atoms with Crippen LogP contribution >= 0.6 is 0 Å². The molecule has 1 heterocycles. The van der Waals surface area contributed by atoms with E-state index in [1.807, 2.05) is 68.4 Å². The molecule has 5 rings (SSSR count). The smallest absolute Gasteiger partial charge is 0.282 e. The second-order valence-electron chi connectivity index (χ2n) is 11.2. The average Bonchev–Trinajstić information content (AvgIpc) is 3.03. The number of nitrogens with zero attached hydrogens (tertiary/aromatic N) is 5. The Hall–Kier alpha value is -5.51. The number of hydrogen-bond acceptors (Lipinski definition) is 8. The summed E-state index contributed by atoms with van der Waals surface area (Å²) < 4.78 is 13.2. The minimum Gasteiger partial charge on any atom is -0.496 e. The molecule has 0 aliphatic rings. The summed E-state index contributed by atoms with van der Waals surface area (Å²) in [6.07, 6.45) is 1.59. The molecule has 0 aliphatic carbocycles. The number of anilines is 1. The van der Waals surface area contributed by atoms with Crippen LogP contribution in [0.1, 0.15) is 42.0 Å². The molecule has 0 fully saturated rings. The Morgan fingerprint density at radius 3 is 2.42 bits per heavy atom. The SMILES string of the molecule is COc1cc(C)c(-c2nc3ccccc3c(=O)n2N=Cc2ccc(N(C)C)cc2OCc2ccc([N+](=O)[O-])cc2)cc1C(C)C. The first kappa shape index (κ1) is 30.9. The molecule has 10 nitrogen and oxygen atoms in total. The van der Waals surface area contributed by atoms with Gasteiger partial charge in [-0.25, -0.2) is 4.98 Å². The number of hydrogen-bond donors (Lipinski definition) is 0. The molecule has 45 heavy (non-hydrogen) atoms. The number of benzene rings is 4. The quantitative estimate of drug-likeness (QED) is 0.0963. The van der Waals surface area contributed by atoms with Crippen molar-refractivity contribution >= 4 is 28.5 Å². The zero-order valence-electron chi connectivity index (χ0n) is 26.1. The Morgan fingerprint density at radius 2 is 1.76 bits per heavy atom. The molecule has 0 aliphatic heterocycles. The number of nitro benzene ring substituents is 1. The van der Waals surface area contributed by atoms with Crippen LogP contribution in [0, 0.1) is 17.0 Å². The van der Waals surface area contributed by atoms with Gasteiger partial charge in [-0.05, 0) is 78.1 Å². The maximum atomic E-state index is 13.9. The lowest BCUT2D eigenvalue weighted by molar-refractivity contribution is -0.384. The van der Waals surface area contributed by atoms with Crippen molar-refractivity contribution in [3.63, 3.8) is 0 Å². The summed E-state index contributed by atoms with van der Waals surface area (Å²) in [6, 6.07) is 23.1. The lowest BCUT2D eigenvalue weighted by atomic mass is 9.96. The van der Waals surface area contributed by atoms with E-state index < -0.39 is 4.92 Å². The third kappa shape index (κ3) is 6.54. The summed E-state index contributed by atoms with van der Waals surface area (Å²) in [4.78, 5) is 31.4. The molecule has 0 amide bonds. The summed E-state index contributed by atoms with van der Waals surface area (Å²) in [5.41, 5.74) is 5.28. The van der Waals surface area contributed by atoms with Gasteiger partial charge in [0.1, 0.15) is 18.1 Å². The van der Waals surface area contributed by atoms with E-state index >= 15 is 0 Å². The van der Waals surface area contributed by atoms with Gasteiger partial charge in [0.2, 0.25) is 0 Å². The molecule has 0 unspecified atom stereocenters. The van der Waals surface area contributed by atoms with Crippen molar-refractivity contribution in [3.8, 4) is 22.9 Å². The van der Waals surface area contributed by atoms with Crippen LogP contribution in [-0.4, -0.2) is 42.0 Å². The van der Waals surface area contributed by atoms with E-state index in [2.05, 4.69) is 13.8 Å². The van der Waals surface area contributed by atoms with Crippen molar-refractivity contribution in [2.75, 3.05) is 26.1 Å². The van der Waals surface area contributed by atoms with Gasteiger partial charge in [0, 0.05) is 49.1 Å². The van der Waals surface area contributed by atoms with Crippen LogP contribution in [-0.2, 0) is 6.61 Å². The number of para-hydroxylation sites is 1. The number of rotatable bonds is 10. The molecule has 10 heteroatoms. The molecule has 0 saturated heterocycles. The number of non-ortho nitro benzene ring substituents is 1. The average molecular weight is 606 g/mol. The standard InChI is InChI=1S/C35H35N5O5/c1-22(2)29-19-30(23(3)17-33(29)44-6)34-37-31-10-8-7-9-28(31)35(41)39(34)36-20-25-13-16-27(38(4)5)18-32(25)45-21-24-11-14-26(15-12-24)40(42)43/h7-20,22H,21H2,1-6H3. The van der Waals surface area contributed by atoms with Gasteiger partial charge < -0.3 is 14.4 Å². The molecule has 1 aromatic heterocycles. The van der Waals surface area contributed by atoms with E-state index in [-0.39, 0.29) is 23.8 Å². The fourth-order valence-corrected chi connectivity index (χ4v) is 5.00. The Labute approximate surface area is 261 Å². The van der Waals surface area contributed by atoms with Crippen molar-refractivity contribution in [1.82, 2.24) is 9.66 Å². The van der Waals surface area contributed by atoms with Crippen molar-refractivity contribution in [2.45, 2.75) is 33.3 Å². The number of methoxy groups -OCH3 is 1. The molecule has 0 radical (unpaired) electrons. The van der Waals surface area contributed by atoms with Crippen LogP contribution in [0.4, 0.5) is 11.4 Å². The normalized spacial score (nSPS) is 11.4. The number of ether oxygens (including phenoxy) is 2. The predicted molar refractivity (Wildman–Crippen MR) is 178 cm³/mol. The summed E-state index contributed by atoms with van der Waals surface area (Å²) in [7, 11) is 5.51. The number of aromatic nitrogens is 2. The van der Waals surface area contributed by atoms with Gasteiger partial charge in [-0.15, -0.1) is 0 Å². The summed E-state index contributed by atoms with van der Waals surface area (Å²) in [5, 5.41) is 16.2. The van der Waals surface area contributed by atoms with Crippen molar-refractivity contribution in [1.29, 1.82) is 0 Å². The number of fused-ring (bicyclic) bond motifs is 1. The first-order valence-electron chi connectivity index (χ1n) is 14.5. The maximum absolute atomic E-state index is 13.9. The topological polar surface area (TPSA) is 112 Å². The summed E-state index contributed by atoms with van der Waals surface area (Å²) in [5.74, 6) is 1.90. The minimum atomic E-state index is -0.436. The second-order valence-corrected chi connectivity index (χ2v) is 11.2. The van der Waals surface area contributed by atoms with Gasteiger partial charge in [-0.3, -0.25) is 14.9 Å². The number of nitro groups is 1. The van der Waals surface area contributed by atoms with Crippen LogP contribution in [0.2, 0.25) is 0 Å². The van der Waals surface area contributed by atoms with E-state index in [1.54, 1.807) is 37.6 Å². The largest absolute Gasteiger partial charge is 0.496 e. The Bertz CT molecular complexity index is 1960. The van der Waals surface area contributed by atoms with Gasteiger partial charge in [-0.1, -0.05) is 26.0 Å². The lowest BCUT2D eigenvalue weighted by Gasteiger charge is -2.18. The molecule has 0 spiro atoms.